The van der Waals surface area contributed by atoms with Crippen molar-refractivity contribution in [2.75, 3.05) is 31.1 Å². The van der Waals surface area contributed by atoms with Crippen LogP contribution in [0.3, 0.4) is 0 Å². The maximum absolute atomic E-state index is 11.5. The van der Waals surface area contributed by atoms with Crippen molar-refractivity contribution in [3.63, 3.8) is 0 Å². The van der Waals surface area contributed by atoms with Crippen LogP contribution < -0.4 is 16.0 Å². The van der Waals surface area contributed by atoms with E-state index < -0.39 is 5.91 Å². The highest BCUT2D eigenvalue weighted by Crippen LogP contribution is 2.21. The van der Waals surface area contributed by atoms with E-state index in [1.807, 2.05) is 17.0 Å². The van der Waals surface area contributed by atoms with Gasteiger partial charge in [-0.3, -0.25) is 4.79 Å². The van der Waals surface area contributed by atoms with Crippen LogP contribution in [0.5, 0.6) is 0 Å². The standard InChI is InChI=1S/C14H21N3O2/c15-14(19)12-5-1-2-6-13(12)17(8-9-18)10-11-4-3-7-16-11/h1-2,5-6,11,16,18H,3-4,7-10H2,(H2,15,19). The Morgan fingerprint density at radius 3 is 2.89 bits per heavy atom. The van der Waals surface area contributed by atoms with Crippen molar-refractivity contribution in [1.82, 2.24) is 5.32 Å². The maximum Gasteiger partial charge on any atom is 0.250 e. The summed E-state index contributed by atoms with van der Waals surface area (Å²) in [7, 11) is 0. The van der Waals surface area contributed by atoms with Gasteiger partial charge in [0.25, 0.3) is 5.91 Å². The van der Waals surface area contributed by atoms with Crippen LogP contribution in [0.25, 0.3) is 0 Å². The van der Waals surface area contributed by atoms with Crippen molar-refractivity contribution >= 4 is 11.6 Å². The molecule has 1 unspecified atom stereocenters. The fourth-order valence-electron chi connectivity index (χ4n) is 2.57. The summed E-state index contributed by atoms with van der Waals surface area (Å²) < 4.78 is 0. The number of rotatable bonds is 6. The third-order valence-corrected chi connectivity index (χ3v) is 3.48. The molecule has 0 aliphatic carbocycles. The van der Waals surface area contributed by atoms with Gasteiger partial charge in [0.15, 0.2) is 0 Å². The fourth-order valence-corrected chi connectivity index (χ4v) is 2.57. The lowest BCUT2D eigenvalue weighted by Gasteiger charge is -2.28. The second kappa shape index (κ2) is 6.54. The Bertz CT molecular complexity index is 430. The average Bonchev–Trinajstić information content (AvgIpc) is 2.91. The highest BCUT2D eigenvalue weighted by Gasteiger charge is 2.20. The van der Waals surface area contributed by atoms with Gasteiger partial charge in [0.1, 0.15) is 0 Å². The lowest BCUT2D eigenvalue weighted by atomic mass is 10.1. The number of benzene rings is 1. The quantitative estimate of drug-likeness (QED) is 0.691. The van der Waals surface area contributed by atoms with E-state index in [1.165, 1.54) is 6.42 Å². The summed E-state index contributed by atoms with van der Waals surface area (Å²) in [6, 6.07) is 7.70. The van der Waals surface area contributed by atoms with Crippen LogP contribution >= 0.6 is 0 Å². The van der Waals surface area contributed by atoms with Gasteiger partial charge in [-0.2, -0.15) is 0 Å². The molecular weight excluding hydrogens is 242 g/mol. The SMILES string of the molecule is NC(=O)c1ccccc1N(CCO)CC1CCCN1. The van der Waals surface area contributed by atoms with Crippen LogP contribution in [-0.4, -0.2) is 43.3 Å². The van der Waals surface area contributed by atoms with Crippen molar-refractivity contribution in [3.8, 4) is 0 Å². The number of hydrogen-bond donors (Lipinski definition) is 3. The van der Waals surface area contributed by atoms with Crippen LogP contribution in [0, 0.1) is 0 Å². The summed E-state index contributed by atoms with van der Waals surface area (Å²) in [5.74, 6) is -0.432. The highest BCUT2D eigenvalue weighted by atomic mass is 16.3. The Morgan fingerprint density at radius 2 is 2.26 bits per heavy atom. The van der Waals surface area contributed by atoms with Gasteiger partial charge in [0.2, 0.25) is 0 Å². The van der Waals surface area contributed by atoms with Crippen molar-refractivity contribution in [2.24, 2.45) is 5.73 Å². The van der Waals surface area contributed by atoms with E-state index in [9.17, 15) is 9.90 Å². The van der Waals surface area contributed by atoms with E-state index in [-0.39, 0.29) is 6.61 Å². The topological polar surface area (TPSA) is 78.6 Å². The van der Waals surface area contributed by atoms with E-state index in [1.54, 1.807) is 12.1 Å². The molecule has 1 aromatic rings. The van der Waals surface area contributed by atoms with Crippen molar-refractivity contribution in [1.29, 1.82) is 0 Å². The number of primary amides is 1. The van der Waals surface area contributed by atoms with Gasteiger partial charge in [0, 0.05) is 24.8 Å². The van der Waals surface area contributed by atoms with Crippen LogP contribution in [0.15, 0.2) is 24.3 Å². The van der Waals surface area contributed by atoms with Crippen molar-refractivity contribution in [3.05, 3.63) is 29.8 Å². The molecule has 1 aliphatic rings. The molecule has 0 saturated carbocycles. The minimum Gasteiger partial charge on any atom is -0.395 e. The number of amides is 1. The van der Waals surface area contributed by atoms with Crippen LogP contribution in [0.1, 0.15) is 23.2 Å². The Kier molecular flexibility index (Phi) is 4.76. The Labute approximate surface area is 113 Å². The summed E-state index contributed by atoms with van der Waals surface area (Å²) in [6.45, 7) is 2.38. The number of aliphatic hydroxyl groups is 1. The molecular formula is C14H21N3O2. The normalized spacial score (nSPS) is 18.5. The zero-order chi connectivity index (χ0) is 13.7. The van der Waals surface area contributed by atoms with Gasteiger partial charge in [-0.15, -0.1) is 0 Å². The smallest absolute Gasteiger partial charge is 0.250 e. The van der Waals surface area contributed by atoms with Crippen molar-refractivity contribution in [2.45, 2.75) is 18.9 Å². The maximum atomic E-state index is 11.5. The molecule has 1 aliphatic heterocycles. The van der Waals surface area contributed by atoms with E-state index >= 15 is 0 Å². The molecule has 1 heterocycles. The first-order chi connectivity index (χ1) is 9.22. The first kappa shape index (κ1) is 13.8. The summed E-state index contributed by atoms with van der Waals surface area (Å²) >= 11 is 0. The van der Waals surface area contributed by atoms with E-state index in [2.05, 4.69) is 5.32 Å². The van der Waals surface area contributed by atoms with Crippen LogP contribution in [-0.2, 0) is 0 Å². The molecule has 1 atom stereocenters. The van der Waals surface area contributed by atoms with Gasteiger partial charge >= 0.3 is 0 Å². The predicted octanol–water partition coefficient (Wildman–Crippen LogP) is 0.336. The van der Waals surface area contributed by atoms with Gasteiger partial charge in [-0.05, 0) is 31.5 Å². The molecule has 5 heteroatoms. The second-order valence-corrected chi connectivity index (χ2v) is 4.84. The number of nitrogens with zero attached hydrogens (tertiary/aromatic N) is 1. The molecule has 0 radical (unpaired) electrons. The third kappa shape index (κ3) is 3.45. The highest BCUT2D eigenvalue weighted by molar-refractivity contribution is 5.98. The summed E-state index contributed by atoms with van der Waals surface area (Å²) in [6.07, 6.45) is 2.30. The first-order valence-electron chi connectivity index (χ1n) is 6.70. The number of anilines is 1. The van der Waals surface area contributed by atoms with Crippen LogP contribution in [0.2, 0.25) is 0 Å². The molecule has 19 heavy (non-hydrogen) atoms. The van der Waals surface area contributed by atoms with Gasteiger partial charge in [0.05, 0.1) is 12.2 Å². The summed E-state index contributed by atoms with van der Waals surface area (Å²) in [5, 5.41) is 12.6. The average molecular weight is 263 g/mol. The fraction of sp³-hybridized carbons (Fsp3) is 0.500. The number of carbonyl (C=O) groups excluding carboxylic acids is 1. The number of para-hydroxylation sites is 1. The molecule has 1 saturated heterocycles. The molecule has 0 bridgehead atoms. The first-order valence-corrected chi connectivity index (χ1v) is 6.70. The van der Waals surface area contributed by atoms with Gasteiger partial charge in [-0.25, -0.2) is 0 Å². The molecule has 5 nitrogen and oxygen atoms in total. The largest absolute Gasteiger partial charge is 0.395 e. The molecule has 104 valence electrons. The number of nitrogens with two attached hydrogens (primary N) is 1. The zero-order valence-electron chi connectivity index (χ0n) is 11.0. The Balaban J connectivity index is 2.19. The Hall–Kier alpha value is -1.59. The molecule has 4 N–H and O–H groups in total. The number of nitrogens with one attached hydrogen (secondary N) is 1. The Morgan fingerprint density at radius 1 is 1.47 bits per heavy atom. The predicted molar refractivity (Wildman–Crippen MR) is 75.3 cm³/mol. The van der Waals surface area contributed by atoms with Gasteiger partial charge in [-0.1, -0.05) is 12.1 Å². The zero-order valence-corrected chi connectivity index (χ0v) is 11.0. The van der Waals surface area contributed by atoms with E-state index in [0.717, 1.165) is 25.2 Å². The molecule has 0 aromatic heterocycles. The van der Waals surface area contributed by atoms with Crippen LogP contribution in [0.4, 0.5) is 5.69 Å². The minimum absolute atomic E-state index is 0.0554. The molecule has 1 amide bonds. The summed E-state index contributed by atoms with van der Waals surface area (Å²) in [4.78, 5) is 13.5. The lowest BCUT2D eigenvalue weighted by Crippen LogP contribution is -2.40. The number of hydrogen-bond acceptors (Lipinski definition) is 4. The molecule has 0 spiro atoms. The molecule has 2 rings (SSSR count). The summed E-state index contributed by atoms with van der Waals surface area (Å²) in [5.41, 5.74) is 6.72. The molecule has 1 aromatic carbocycles. The lowest BCUT2D eigenvalue weighted by molar-refractivity contribution is 0.100. The monoisotopic (exact) mass is 263 g/mol. The van der Waals surface area contributed by atoms with Crippen molar-refractivity contribution < 1.29 is 9.90 Å². The molecule has 1 fully saturated rings. The minimum atomic E-state index is -0.432. The van der Waals surface area contributed by atoms with Gasteiger partial charge < -0.3 is 21.1 Å². The van der Waals surface area contributed by atoms with E-state index in [0.29, 0.717) is 18.2 Å². The second-order valence-electron chi connectivity index (χ2n) is 4.84. The number of carbonyl (C=O) groups is 1. The third-order valence-electron chi connectivity index (χ3n) is 3.48. The van der Waals surface area contributed by atoms with E-state index in [4.69, 9.17) is 5.73 Å². The number of aliphatic hydroxyl groups excluding tert-OH is 1.